The Balaban J connectivity index is 2.14. The molecule has 0 aliphatic rings. The van der Waals surface area contributed by atoms with Crippen molar-refractivity contribution in [1.29, 1.82) is 0 Å². The molecule has 1 amide bonds. The summed E-state index contributed by atoms with van der Waals surface area (Å²) < 4.78 is 0. The molecule has 27 heavy (non-hydrogen) atoms. The van der Waals surface area contributed by atoms with Crippen LogP contribution in [0.5, 0.6) is 0 Å². The standard InChI is InChI=1S/C20H21NO6/c22-17(23)10-9-14-7-4-8-15(11-14)19(25)21-16(18(24)20(26)27)12-13-5-2-1-3-6-13/h1-8,11,16,18,24H,9-10,12H2,(H,21,25)(H,22,23)(H,26,27)/t16-,18-/m1/s1. The minimum absolute atomic E-state index is 0.0561. The Morgan fingerprint density at radius 2 is 1.59 bits per heavy atom. The third-order valence-corrected chi connectivity index (χ3v) is 4.07. The minimum Gasteiger partial charge on any atom is -0.481 e. The predicted molar refractivity (Wildman–Crippen MR) is 97.4 cm³/mol. The Bertz CT molecular complexity index is 805. The number of hydrogen-bond donors (Lipinski definition) is 4. The van der Waals surface area contributed by atoms with E-state index in [1.165, 1.54) is 0 Å². The molecule has 2 rings (SSSR count). The molecule has 0 aliphatic carbocycles. The molecule has 0 unspecified atom stereocenters. The van der Waals surface area contributed by atoms with Crippen molar-refractivity contribution in [2.24, 2.45) is 0 Å². The Kier molecular flexibility index (Phi) is 7.08. The van der Waals surface area contributed by atoms with Crippen molar-refractivity contribution in [2.75, 3.05) is 0 Å². The lowest BCUT2D eigenvalue weighted by atomic mass is 10.00. The maximum absolute atomic E-state index is 12.5. The Morgan fingerprint density at radius 1 is 0.926 bits per heavy atom. The van der Waals surface area contributed by atoms with Crippen molar-refractivity contribution in [3.05, 3.63) is 71.3 Å². The number of carboxylic acids is 2. The van der Waals surface area contributed by atoms with Gasteiger partial charge in [-0.05, 0) is 36.1 Å². The lowest BCUT2D eigenvalue weighted by Crippen LogP contribution is -2.48. The van der Waals surface area contributed by atoms with Crippen LogP contribution >= 0.6 is 0 Å². The number of aliphatic hydroxyl groups excluding tert-OH is 1. The van der Waals surface area contributed by atoms with Gasteiger partial charge in [0.05, 0.1) is 6.04 Å². The molecule has 2 aromatic rings. The van der Waals surface area contributed by atoms with Gasteiger partial charge in [0, 0.05) is 12.0 Å². The number of benzene rings is 2. The molecule has 0 bridgehead atoms. The van der Waals surface area contributed by atoms with E-state index in [1.54, 1.807) is 48.5 Å². The number of rotatable bonds is 9. The van der Waals surface area contributed by atoms with Crippen molar-refractivity contribution in [3.8, 4) is 0 Å². The molecule has 0 aliphatic heterocycles. The number of aliphatic hydroxyl groups is 1. The molecular weight excluding hydrogens is 350 g/mol. The number of aryl methyl sites for hydroxylation is 1. The Morgan fingerprint density at radius 3 is 2.22 bits per heavy atom. The van der Waals surface area contributed by atoms with E-state index in [0.29, 0.717) is 5.56 Å². The molecule has 0 fully saturated rings. The maximum atomic E-state index is 12.5. The van der Waals surface area contributed by atoms with Crippen LogP contribution in [0.25, 0.3) is 0 Å². The van der Waals surface area contributed by atoms with Crippen LogP contribution in [-0.2, 0) is 22.4 Å². The fourth-order valence-electron chi connectivity index (χ4n) is 2.65. The topological polar surface area (TPSA) is 124 Å². The van der Waals surface area contributed by atoms with Gasteiger partial charge in [-0.25, -0.2) is 4.79 Å². The third kappa shape index (κ3) is 6.23. The summed E-state index contributed by atoms with van der Waals surface area (Å²) >= 11 is 0. The van der Waals surface area contributed by atoms with Crippen LogP contribution in [0.1, 0.15) is 27.9 Å². The number of nitrogens with one attached hydrogen (secondary N) is 1. The minimum atomic E-state index is -1.76. The number of aliphatic carboxylic acids is 2. The van der Waals surface area contributed by atoms with Gasteiger partial charge in [-0.2, -0.15) is 0 Å². The number of amides is 1. The summed E-state index contributed by atoms with van der Waals surface area (Å²) in [5.74, 6) is -2.89. The van der Waals surface area contributed by atoms with Crippen LogP contribution in [0.4, 0.5) is 0 Å². The van der Waals surface area contributed by atoms with Gasteiger partial charge in [-0.3, -0.25) is 9.59 Å². The second kappa shape index (κ2) is 9.49. The highest BCUT2D eigenvalue weighted by Gasteiger charge is 2.28. The molecule has 142 valence electrons. The molecule has 2 atom stereocenters. The van der Waals surface area contributed by atoms with E-state index in [9.17, 15) is 19.5 Å². The van der Waals surface area contributed by atoms with Crippen molar-refractivity contribution in [1.82, 2.24) is 5.32 Å². The monoisotopic (exact) mass is 371 g/mol. The fraction of sp³-hybridized carbons (Fsp3) is 0.250. The molecular formula is C20H21NO6. The highest BCUT2D eigenvalue weighted by atomic mass is 16.4. The molecule has 0 saturated carbocycles. The Hall–Kier alpha value is -3.19. The van der Waals surface area contributed by atoms with E-state index in [4.69, 9.17) is 10.2 Å². The maximum Gasteiger partial charge on any atom is 0.334 e. The van der Waals surface area contributed by atoms with Crippen molar-refractivity contribution in [2.45, 2.75) is 31.4 Å². The summed E-state index contributed by atoms with van der Waals surface area (Å²) in [5, 5.41) is 30.4. The first kappa shape index (κ1) is 20.1. The van der Waals surface area contributed by atoms with E-state index in [1.807, 2.05) is 6.07 Å². The van der Waals surface area contributed by atoms with Crippen molar-refractivity contribution < 1.29 is 29.7 Å². The summed E-state index contributed by atoms with van der Waals surface area (Å²) in [6, 6.07) is 14.4. The van der Waals surface area contributed by atoms with Crippen LogP contribution in [0.2, 0.25) is 0 Å². The smallest absolute Gasteiger partial charge is 0.334 e. The van der Waals surface area contributed by atoms with Crippen LogP contribution in [0.15, 0.2) is 54.6 Å². The molecule has 0 spiro atoms. The van der Waals surface area contributed by atoms with E-state index in [0.717, 1.165) is 5.56 Å². The lowest BCUT2D eigenvalue weighted by molar-refractivity contribution is -0.148. The fourth-order valence-corrected chi connectivity index (χ4v) is 2.65. The largest absolute Gasteiger partial charge is 0.481 e. The number of hydrogen-bond acceptors (Lipinski definition) is 4. The van der Waals surface area contributed by atoms with Gasteiger partial charge < -0.3 is 20.6 Å². The zero-order chi connectivity index (χ0) is 19.8. The predicted octanol–water partition coefficient (Wildman–Crippen LogP) is 1.49. The Labute approximate surface area is 156 Å². The van der Waals surface area contributed by atoms with Gasteiger partial charge in [0.25, 0.3) is 5.91 Å². The molecule has 0 radical (unpaired) electrons. The normalized spacial score (nSPS) is 12.8. The molecule has 0 saturated heterocycles. The van der Waals surface area contributed by atoms with Gasteiger partial charge in [-0.1, -0.05) is 42.5 Å². The van der Waals surface area contributed by atoms with Crippen LogP contribution in [0, 0.1) is 0 Å². The first-order valence-electron chi connectivity index (χ1n) is 8.43. The average Bonchev–Trinajstić information content (AvgIpc) is 2.66. The summed E-state index contributed by atoms with van der Waals surface area (Å²) in [4.78, 5) is 34.4. The molecule has 7 nitrogen and oxygen atoms in total. The van der Waals surface area contributed by atoms with Gasteiger partial charge >= 0.3 is 11.9 Å². The zero-order valence-corrected chi connectivity index (χ0v) is 14.5. The summed E-state index contributed by atoms with van der Waals surface area (Å²) in [6.07, 6.45) is -1.39. The second-order valence-electron chi connectivity index (χ2n) is 6.15. The van der Waals surface area contributed by atoms with E-state index in [2.05, 4.69) is 5.32 Å². The molecule has 7 heteroatoms. The summed E-state index contributed by atoms with van der Waals surface area (Å²) in [7, 11) is 0. The number of carboxylic acid groups (broad SMARTS) is 2. The molecule has 0 heterocycles. The van der Waals surface area contributed by atoms with Gasteiger partial charge in [0.2, 0.25) is 0 Å². The second-order valence-corrected chi connectivity index (χ2v) is 6.15. The summed E-state index contributed by atoms with van der Waals surface area (Å²) in [6.45, 7) is 0. The van der Waals surface area contributed by atoms with Crippen LogP contribution in [-0.4, -0.2) is 45.3 Å². The third-order valence-electron chi connectivity index (χ3n) is 4.07. The van der Waals surface area contributed by atoms with Crippen LogP contribution in [0.3, 0.4) is 0 Å². The number of carbonyl (C=O) groups is 3. The SMILES string of the molecule is O=C(O)CCc1cccc(C(=O)N[C@H](Cc2ccccc2)[C@@H](O)C(=O)O)c1. The first-order valence-corrected chi connectivity index (χ1v) is 8.43. The van der Waals surface area contributed by atoms with Crippen molar-refractivity contribution in [3.63, 3.8) is 0 Å². The molecule has 2 aromatic carbocycles. The zero-order valence-electron chi connectivity index (χ0n) is 14.5. The summed E-state index contributed by atoms with van der Waals surface area (Å²) in [5.41, 5.74) is 1.73. The van der Waals surface area contributed by atoms with Crippen molar-refractivity contribution >= 4 is 17.8 Å². The van der Waals surface area contributed by atoms with E-state index < -0.39 is 30.0 Å². The first-order chi connectivity index (χ1) is 12.9. The highest BCUT2D eigenvalue weighted by molar-refractivity contribution is 5.95. The van der Waals surface area contributed by atoms with Gasteiger partial charge in [0.15, 0.2) is 6.10 Å². The quantitative estimate of drug-likeness (QED) is 0.529. The van der Waals surface area contributed by atoms with E-state index >= 15 is 0 Å². The van der Waals surface area contributed by atoms with Gasteiger partial charge in [-0.15, -0.1) is 0 Å². The van der Waals surface area contributed by atoms with Crippen LogP contribution < -0.4 is 5.32 Å². The van der Waals surface area contributed by atoms with E-state index in [-0.39, 0.29) is 24.8 Å². The molecule has 0 aromatic heterocycles. The number of carbonyl (C=O) groups excluding carboxylic acids is 1. The average molecular weight is 371 g/mol. The molecule has 4 N–H and O–H groups in total. The highest BCUT2D eigenvalue weighted by Crippen LogP contribution is 2.11. The van der Waals surface area contributed by atoms with Gasteiger partial charge in [0.1, 0.15) is 0 Å². The lowest BCUT2D eigenvalue weighted by Gasteiger charge is -2.22.